The van der Waals surface area contributed by atoms with Gasteiger partial charge in [0.1, 0.15) is 0 Å². The molecule has 0 fully saturated rings. The zero-order valence-corrected chi connectivity index (χ0v) is 8.19. The second kappa shape index (κ2) is 5.14. The normalized spacial score (nSPS) is 11.5. The Kier molecular flexibility index (Phi) is 4.90. The number of hydrogen-bond donors (Lipinski definition) is 1. The quantitative estimate of drug-likeness (QED) is 0.482. The Morgan fingerprint density at radius 1 is 1.50 bits per heavy atom. The maximum absolute atomic E-state index is 11.1. The van der Waals surface area contributed by atoms with E-state index in [-0.39, 0.29) is 0 Å². The Balaban J connectivity index is 3.72. The van der Waals surface area contributed by atoms with Crippen LogP contribution in [0.2, 0.25) is 0 Å². The molecule has 0 aliphatic heterocycles. The van der Waals surface area contributed by atoms with Gasteiger partial charge in [0, 0.05) is 27.1 Å². The molecule has 0 amide bonds. The number of unbranched alkanes of at least 4 members (excludes halogenated alkanes) is 1. The van der Waals surface area contributed by atoms with Crippen LogP contribution in [0.15, 0.2) is 0 Å². The van der Waals surface area contributed by atoms with Crippen LogP contribution >= 0.6 is 0 Å². The molecule has 12 heavy (non-hydrogen) atoms. The summed E-state index contributed by atoms with van der Waals surface area (Å²) in [6.45, 7) is 0.394. The first-order valence-corrected chi connectivity index (χ1v) is 5.05. The maximum Gasteiger partial charge on any atom is 0.278 e. The molecule has 0 bridgehead atoms. The lowest BCUT2D eigenvalue weighted by molar-refractivity contribution is 0.504. The summed E-state index contributed by atoms with van der Waals surface area (Å²) < 4.78 is 25.6. The van der Waals surface area contributed by atoms with Gasteiger partial charge in [0.05, 0.1) is 0 Å². The summed E-state index contributed by atoms with van der Waals surface area (Å²) in [4.78, 5) is 0. The molecule has 0 aromatic carbocycles. The Morgan fingerprint density at radius 3 is 2.50 bits per heavy atom. The van der Waals surface area contributed by atoms with E-state index in [0.29, 0.717) is 19.4 Å². The summed E-state index contributed by atoms with van der Waals surface area (Å²) >= 11 is 0. The molecule has 0 aromatic heterocycles. The van der Waals surface area contributed by atoms with Gasteiger partial charge >= 0.3 is 0 Å². The smallest absolute Gasteiger partial charge is 0.202 e. The standard InChI is InChI=1S/C7H14N2O2S/c1-4-5-6-7-8-12(10,11)9(2)3/h1,8H,5-7H2,2-3H3. The van der Waals surface area contributed by atoms with Gasteiger partial charge in [0.25, 0.3) is 10.2 Å². The van der Waals surface area contributed by atoms with Gasteiger partial charge in [-0.15, -0.1) is 12.3 Å². The van der Waals surface area contributed by atoms with Crippen LogP contribution in [0, 0.1) is 12.3 Å². The summed E-state index contributed by atoms with van der Waals surface area (Å²) in [6, 6.07) is 0. The minimum absolute atomic E-state index is 0.394. The van der Waals surface area contributed by atoms with Crippen molar-refractivity contribution in [1.82, 2.24) is 9.03 Å². The van der Waals surface area contributed by atoms with Crippen molar-refractivity contribution < 1.29 is 8.42 Å². The van der Waals surface area contributed by atoms with Crippen LogP contribution in [-0.4, -0.2) is 33.4 Å². The van der Waals surface area contributed by atoms with Crippen molar-refractivity contribution in [3.05, 3.63) is 0 Å². The minimum atomic E-state index is -3.26. The van der Waals surface area contributed by atoms with Crippen LogP contribution < -0.4 is 4.72 Å². The third-order valence-electron chi connectivity index (χ3n) is 1.26. The molecule has 5 heteroatoms. The minimum Gasteiger partial charge on any atom is -0.202 e. The third kappa shape index (κ3) is 4.34. The highest BCUT2D eigenvalue weighted by molar-refractivity contribution is 7.87. The monoisotopic (exact) mass is 190 g/mol. The zero-order chi connectivity index (χ0) is 9.61. The Hall–Kier alpha value is -0.570. The van der Waals surface area contributed by atoms with E-state index in [2.05, 4.69) is 10.6 Å². The molecule has 0 atom stereocenters. The van der Waals surface area contributed by atoms with Gasteiger partial charge < -0.3 is 0 Å². The number of terminal acetylenes is 1. The van der Waals surface area contributed by atoms with Crippen molar-refractivity contribution in [2.75, 3.05) is 20.6 Å². The second-order valence-corrected chi connectivity index (χ2v) is 4.46. The molecule has 1 N–H and O–H groups in total. The van der Waals surface area contributed by atoms with E-state index < -0.39 is 10.2 Å². The predicted octanol–water partition coefficient (Wildman–Crippen LogP) is -0.204. The molecule has 0 spiro atoms. The lowest BCUT2D eigenvalue weighted by Crippen LogP contribution is -2.36. The lowest BCUT2D eigenvalue weighted by atomic mass is 10.3. The topological polar surface area (TPSA) is 49.4 Å². The second-order valence-electron chi connectivity index (χ2n) is 2.49. The largest absolute Gasteiger partial charge is 0.278 e. The molecule has 0 saturated carbocycles. The van der Waals surface area contributed by atoms with Crippen molar-refractivity contribution in [3.63, 3.8) is 0 Å². The van der Waals surface area contributed by atoms with E-state index in [9.17, 15) is 8.42 Å². The van der Waals surface area contributed by atoms with Crippen molar-refractivity contribution in [1.29, 1.82) is 0 Å². The van der Waals surface area contributed by atoms with E-state index in [1.54, 1.807) is 0 Å². The van der Waals surface area contributed by atoms with Crippen LogP contribution in [0.1, 0.15) is 12.8 Å². The fraction of sp³-hybridized carbons (Fsp3) is 0.714. The van der Waals surface area contributed by atoms with Gasteiger partial charge in [-0.05, 0) is 6.42 Å². The van der Waals surface area contributed by atoms with Gasteiger partial charge in [0.15, 0.2) is 0 Å². The summed E-state index contributed by atoms with van der Waals surface area (Å²) in [6.07, 6.45) is 6.26. The molecule has 0 rings (SSSR count). The molecule has 0 heterocycles. The molecule has 4 nitrogen and oxygen atoms in total. The van der Waals surface area contributed by atoms with Gasteiger partial charge in [-0.2, -0.15) is 12.7 Å². The van der Waals surface area contributed by atoms with E-state index in [0.717, 1.165) is 4.31 Å². The molecule has 0 saturated heterocycles. The highest BCUT2D eigenvalue weighted by Gasteiger charge is 2.10. The summed E-state index contributed by atoms with van der Waals surface area (Å²) in [5.41, 5.74) is 0. The Labute approximate surface area is 74.1 Å². The van der Waals surface area contributed by atoms with Crippen LogP contribution in [0.5, 0.6) is 0 Å². The fourth-order valence-electron chi connectivity index (χ4n) is 0.521. The maximum atomic E-state index is 11.1. The number of rotatable bonds is 5. The molecule has 70 valence electrons. The summed E-state index contributed by atoms with van der Waals surface area (Å²) in [7, 11) is -0.313. The molecule has 0 aliphatic carbocycles. The zero-order valence-electron chi connectivity index (χ0n) is 7.37. The van der Waals surface area contributed by atoms with Crippen molar-refractivity contribution in [2.24, 2.45) is 0 Å². The van der Waals surface area contributed by atoms with Gasteiger partial charge in [-0.25, -0.2) is 4.72 Å². The Bertz CT molecular complexity index is 251. The molecule has 0 unspecified atom stereocenters. The van der Waals surface area contributed by atoms with Gasteiger partial charge in [-0.1, -0.05) is 0 Å². The Morgan fingerprint density at radius 2 is 2.08 bits per heavy atom. The first-order chi connectivity index (χ1) is 5.50. The number of hydrogen-bond acceptors (Lipinski definition) is 2. The van der Waals surface area contributed by atoms with Crippen molar-refractivity contribution in [2.45, 2.75) is 12.8 Å². The van der Waals surface area contributed by atoms with E-state index >= 15 is 0 Å². The number of nitrogens with zero attached hydrogens (tertiary/aromatic N) is 1. The molecule has 0 aromatic rings. The predicted molar refractivity (Wildman–Crippen MR) is 48.7 cm³/mol. The van der Waals surface area contributed by atoms with Gasteiger partial charge in [-0.3, -0.25) is 0 Å². The number of nitrogens with one attached hydrogen (secondary N) is 1. The van der Waals surface area contributed by atoms with Crippen LogP contribution in [0.25, 0.3) is 0 Å². The summed E-state index contributed by atoms with van der Waals surface area (Å²) in [5.74, 6) is 2.43. The SMILES string of the molecule is C#CCCCNS(=O)(=O)N(C)C. The molecular formula is C7H14N2O2S. The van der Waals surface area contributed by atoms with Crippen molar-refractivity contribution >= 4 is 10.2 Å². The highest BCUT2D eigenvalue weighted by Crippen LogP contribution is 1.90. The highest BCUT2D eigenvalue weighted by atomic mass is 32.2. The van der Waals surface area contributed by atoms with Gasteiger partial charge in [0.2, 0.25) is 0 Å². The van der Waals surface area contributed by atoms with Crippen LogP contribution in [0.4, 0.5) is 0 Å². The average Bonchev–Trinajstić information content (AvgIpc) is 1.98. The van der Waals surface area contributed by atoms with Crippen LogP contribution in [0.3, 0.4) is 0 Å². The molecule has 0 aliphatic rings. The van der Waals surface area contributed by atoms with E-state index in [1.807, 2.05) is 0 Å². The van der Waals surface area contributed by atoms with E-state index in [4.69, 9.17) is 6.42 Å². The first-order valence-electron chi connectivity index (χ1n) is 3.61. The molecule has 0 radical (unpaired) electrons. The third-order valence-corrected chi connectivity index (χ3v) is 2.79. The van der Waals surface area contributed by atoms with Crippen molar-refractivity contribution in [3.8, 4) is 12.3 Å². The molecular weight excluding hydrogens is 176 g/mol. The van der Waals surface area contributed by atoms with Crippen LogP contribution in [-0.2, 0) is 10.2 Å². The summed E-state index contributed by atoms with van der Waals surface area (Å²) in [5, 5.41) is 0. The fourth-order valence-corrected chi connectivity index (χ4v) is 1.18. The van der Waals surface area contributed by atoms with E-state index in [1.165, 1.54) is 14.1 Å². The first kappa shape index (κ1) is 11.4. The lowest BCUT2D eigenvalue weighted by Gasteiger charge is -2.11. The average molecular weight is 190 g/mol.